The van der Waals surface area contributed by atoms with E-state index in [4.69, 9.17) is 11.6 Å². The van der Waals surface area contributed by atoms with Gasteiger partial charge in [-0.25, -0.2) is 0 Å². The summed E-state index contributed by atoms with van der Waals surface area (Å²) in [5, 5.41) is 2.42. The van der Waals surface area contributed by atoms with E-state index in [1.807, 2.05) is 0 Å². The second-order valence-electron chi connectivity index (χ2n) is 4.78. The lowest BCUT2D eigenvalue weighted by Gasteiger charge is -2.36. The van der Waals surface area contributed by atoms with E-state index in [2.05, 4.69) is 5.32 Å². The molecule has 0 bridgehead atoms. The highest BCUT2D eigenvalue weighted by molar-refractivity contribution is 6.34. The monoisotopic (exact) mass is 320 g/mol. The highest BCUT2D eigenvalue weighted by Gasteiger charge is 2.39. The van der Waals surface area contributed by atoms with Gasteiger partial charge in [-0.3, -0.25) is 14.5 Å². The van der Waals surface area contributed by atoms with E-state index >= 15 is 0 Å². The number of amides is 2. The molecule has 0 saturated carbocycles. The van der Waals surface area contributed by atoms with E-state index in [0.29, 0.717) is 0 Å². The van der Waals surface area contributed by atoms with Gasteiger partial charge in [0.15, 0.2) is 0 Å². The predicted molar refractivity (Wildman–Crippen MR) is 71.0 cm³/mol. The van der Waals surface area contributed by atoms with Crippen LogP contribution >= 0.6 is 11.6 Å². The molecule has 1 fully saturated rings. The summed E-state index contributed by atoms with van der Waals surface area (Å²) in [5.74, 6) is -0.959. The zero-order chi connectivity index (χ0) is 15.9. The third-order valence-electron chi connectivity index (χ3n) is 3.27. The smallest absolute Gasteiger partial charge is 0.343 e. The number of alkyl halides is 3. The van der Waals surface area contributed by atoms with Crippen molar-refractivity contribution in [2.24, 2.45) is 0 Å². The number of nitrogens with zero attached hydrogens (tertiary/aromatic N) is 1. The summed E-state index contributed by atoms with van der Waals surface area (Å²) < 4.78 is 38.4. The molecule has 2 atom stereocenters. The fraction of sp³-hybridized carbons (Fsp3) is 0.385. The normalized spacial score (nSPS) is 23.2. The Labute approximate surface area is 123 Å². The van der Waals surface area contributed by atoms with Crippen LogP contribution in [0.1, 0.15) is 19.4 Å². The van der Waals surface area contributed by atoms with Crippen molar-refractivity contribution in [3.05, 3.63) is 28.8 Å². The van der Waals surface area contributed by atoms with Crippen LogP contribution in [0.3, 0.4) is 0 Å². The average Bonchev–Trinajstić information content (AvgIpc) is 2.37. The number of hydrogen-bond acceptors (Lipinski definition) is 2. The fourth-order valence-electron chi connectivity index (χ4n) is 2.11. The van der Waals surface area contributed by atoms with E-state index < -0.39 is 35.6 Å². The van der Waals surface area contributed by atoms with Gasteiger partial charge < -0.3 is 5.32 Å². The van der Waals surface area contributed by atoms with Crippen LogP contribution in [0.4, 0.5) is 18.9 Å². The van der Waals surface area contributed by atoms with Crippen molar-refractivity contribution in [3.8, 4) is 0 Å². The Morgan fingerprint density at radius 3 is 2.43 bits per heavy atom. The highest BCUT2D eigenvalue weighted by atomic mass is 35.5. The first kappa shape index (κ1) is 15.6. The number of anilines is 1. The molecule has 0 spiro atoms. The molecule has 2 amide bonds. The lowest BCUT2D eigenvalue weighted by Crippen LogP contribution is -2.61. The minimum Gasteiger partial charge on any atom is -0.343 e. The maximum atomic E-state index is 12.8. The minimum absolute atomic E-state index is 0.0231. The van der Waals surface area contributed by atoms with Crippen LogP contribution in [-0.2, 0) is 15.8 Å². The molecule has 2 rings (SSSR count). The first-order valence-electron chi connectivity index (χ1n) is 6.13. The summed E-state index contributed by atoms with van der Waals surface area (Å²) in [7, 11) is 0. The Balaban J connectivity index is 2.53. The summed E-state index contributed by atoms with van der Waals surface area (Å²) in [6.07, 6.45) is -4.56. The van der Waals surface area contributed by atoms with Crippen molar-refractivity contribution in [2.45, 2.75) is 32.1 Å². The van der Waals surface area contributed by atoms with Crippen LogP contribution < -0.4 is 10.2 Å². The molecule has 114 valence electrons. The Hall–Kier alpha value is -1.76. The number of carbonyl (C=O) groups is 2. The van der Waals surface area contributed by atoms with Crippen LogP contribution in [0, 0.1) is 0 Å². The third kappa shape index (κ3) is 2.83. The largest absolute Gasteiger partial charge is 0.416 e. The van der Waals surface area contributed by atoms with Crippen molar-refractivity contribution in [3.63, 3.8) is 0 Å². The molecule has 2 unspecified atom stereocenters. The molecule has 0 aliphatic carbocycles. The third-order valence-corrected chi connectivity index (χ3v) is 3.59. The van der Waals surface area contributed by atoms with Crippen molar-refractivity contribution in [1.29, 1.82) is 0 Å². The molecule has 0 aromatic heterocycles. The predicted octanol–water partition coefficient (Wildman–Crippen LogP) is 2.60. The number of hydrogen-bond donors (Lipinski definition) is 1. The van der Waals surface area contributed by atoms with Crippen molar-refractivity contribution >= 4 is 29.1 Å². The van der Waals surface area contributed by atoms with E-state index in [-0.39, 0.29) is 10.7 Å². The average molecular weight is 321 g/mol. The van der Waals surface area contributed by atoms with Crippen molar-refractivity contribution < 1.29 is 22.8 Å². The summed E-state index contributed by atoms with van der Waals surface area (Å²) >= 11 is 5.91. The van der Waals surface area contributed by atoms with Gasteiger partial charge in [0.1, 0.15) is 12.1 Å². The first-order chi connectivity index (χ1) is 9.62. The number of nitrogens with one attached hydrogen (secondary N) is 1. The molecule has 1 heterocycles. The zero-order valence-corrected chi connectivity index (χ0v) is 11.9. The Kier molecular flexibility index (Phi) is 3.88. The van der Waals surface area contributed by atoms with Crippen LogP contribution in [-0.4, -0.2) is 23.9 Å². The van der Waals surface area contributed by atoms with E-state index in [1.165, 1.54) is 13.8 Å². The van der Waals surface area contributed by atoms with Crippen LogP contribution in [0.25, 0.3) is 0 Å². The van der Waals surface area contributed by atoms with Gasteiger partial charge in [-0.2, -0.15) is 13.2 Å². The summed E-state index contributed by atoms with van der Waals surface area (Å²) in [4.78, 5) is 24.9. The van der Waals surface area contributed by atoms with Crippen molar-refractivity contribution in [2.75, 3.05) is 4.90 Å². The van der Waals surface area contributed by atoms with Gasteiger partial charge in [-0.15, -0.1) is 0 Å². The van der Waals surface area contributed by atoms with E-state index in [9.17, 15) is 22.8 Å². The minimum atomic E-state index is -4.56. The molecule has 1 aliphatic rings. The van der Waals surface area contributed by atoms with Gasteiger partial charge in [0.25, 0.3) is 0 Å². The Morgan fingerprint density at radius 2 is 1.86 bits per heavy atom. The molecule has 1 aromatic carbocycles. The molecular weight excluding hydrogens is 309 g/mol. The van der Waals surface area contributed by atoms with E-state index in [0.717, 1.165) is 23.1 Å². The molecule has 1 aromatic rings. The highest BCUT2D eigenvalue weighted by Crippen LogP contribution is 2.36. The summed E-state index contributed by atoms with van der Waals surface area (Å²) in [6.45, 7) is 2.89. The molecular formula is C13H12ClF3N2O2. The molecule has 8 heteroatoms. The second-order valence-corrected chi connectivity index (χ2v) is 5.19. The fourth-order valence-corrected chi connectivity index (χ4v) is 2.32. The SMILES string of the molecule is CC1NC(=O)C(C)N(c2cc(C(F)(F)F)ccc2Cl)C1=O. The summed E-state index contributed by atoms with van der Waals surface area (Å²) in [6, 6.07) is 0.918. The molecule has 1 aliphatic heterocycles. The van der Waals surface area contributed by atoms with Crippen molar-refractivity contribution in [1.82, 2.24) is 5.32 Å². The van der Waals surface area contributed by atoms with Gasteiger partial charge in [-0.05, 0) is 32.0 Å². The van der Waals surface area contributed by atoms with Gasteiger partial charge >= 0.3 is 6.18 Å². The lowest BCUT2D eigenvalue weighted by molar-refractivity contribution is -0.137. The first-order valence-corrected chi connectivity index (χ1v) is 6.51. The Morgan fingerprint density at radius 1 is 1.24 bits per heavy atom. The molecule has 4 nitrogen and oxygen atoms in total. The number of benzene rings is 1. The van der Waals surface area contributed by atoms with Gasteiger partial charge in [0.2, 0.25) is 11.8 Å². The topological polar surface area (TPSA) is 49.4 Å². The number of rotatable bonds is 1. The molecule has 1 N–H and O–H groups in total. The van der Waals surface area contributed by atoms with Crippen LogP contribution in [0.5, 0.6) is 0 Å². The maximum absolute atomic E-state index is 12.8. The number of halogens is 4. The van der Waals surface area contributed by atoms with Crippen LogP contribution in [0.15, 0.2) is 18.2 Å². The lowest BCUT2D eigenvalue weighted by atomic mass is 10.1. The molecule has 21 heavy (non-hydrogen) atoms. The quantitative estimate of drug-likeness (QED) is 0.864. The van der Waals surface area contributed by atoms with E-state index in [1.54, 1.807) is 0 Å². The zero-order valence-electron chi connectivity index (χ0n) is 11.2. The van der Waals surface area contributed by atoms with Gasteiger partial charge in [-0.1, -0.05) is 11.6 Å². The number of carbonyl (C=O) groups excluding carboxylic acids is 2. The standard InChI is InChI=1S/C13H12ClF3N2O2/c1-6-12(21)19(7(2)11(20)18-6)10-5-8(13(15,16)17)3-4-9(10)14/h3-7H,1-2H3,(H,18,20). The molecule has 1 saturated heterocycles. The van der Waals surface area contributed by atoms with Crippen LogP contribution in [0.2, 0.25) is 5.02 Å². The number of piperazine rings is 1. The Bertz CT molecular complexity index is 604. The second kappa shape index (κ2) is 5.22. The molecule has 0 radical (unpaired) electrons. The van der Waals surface area contributed by atoms with Gasteiger partial charge in [0, 0.05) is 0 Å². The maximum Gasteiger partial charge on any atom is 0.416 e. The summed E-state index contributed by atoms with van der Waals surface area (Å²) in [5.41, 5.74) is -1.05. The van der Waals surface area contributed by atoms with Gasteiger partial charge in [0.05, 0.1) is 16.3 Å².